The number of hydrogen-bond donors (Lipinski definition) is 1. The molecule has 1 N–H and O–H groups in total. The quantitative estimate of drug-likeness (QED) is 0.729. The highest BCUT2D eigenvalue weighted by Gasteiger charge is 2.13. The van der Waals surface area contributed by atoms with Gasteiger partial charge in [-0.05, 0) is 13.8 Å². The van der Waals surface area contributed by atoms with Gasteiger partial charge in [0.25, 0.3) is 0 Å². The second-order valence-corrected chi connectivity index (χ2v) is 6.28. The molecule has 0 aliphatic heterocycles. The SMILES string of the molecule is CC(C)OCCS(=O)(=O)NCC(=O)c1ccccc1. The van der Waals surface area contributed by atoms with Gasteiger partial charge in [0.1, 0.15) is 0 Å². The molecule has 0 aromatic heterocycles. The number of ether oxygens (including phenoxy) is 1. The van der Waals surface area contributed by atoms with E-state index in [9.17, 15) is 13.2 Å². The number of benzene rings is 1. The van der Waals surface area contributed by atoms with Gasteiger partial charge in [-0.25, -0.2) is 13.1 Å². The fraction of sp³-hybridized carbons (Fsp3) is 0.462. The summed E-state index contributed by atoms with van der Waals surface area (Å²) in [7, 11) is -3.48. The second-order valence-electron chi connectivity index (χ2n) is 4.35. The molecule has 0 spiro atoms. The van der Waals surface area contributed by atoms with Gasteiger partial charge in [-0.2, -0.15) is 0 Å². The van der Waals surface area contributed by atoms with Crippen LogP contribution >= 0.6 is 0 Å². The third-order valence-electron chi connectivity index (χ3n) is 2.35. The summed E-state index contributed by atoms with van der Waals surface area (Å²) < 4.78 is 30.6. The fourth-order valence-electron chi connectivity index (χ4n) is 1.37. The van der Waals surface area contributed by atoms with Crippen LogP contribution in [0.2, 0.25) is 0 Å². The molecule has 0 aliphatic rings. The van der Waals surface area contributed by atoms with Crippen molar-refractivity contribution in [3.63, 3.8) is 0 Å². The van der Waals surface area contributed by atoms with Gasteiger partial charge in [0.2, 0.25) is 10.0 Å². The largest absolute Gasteiger partial charge is 0.378 e. The fourth-order valence-corrected chi connectivity index (χ4v) is 2.18. The number of carbonyl (C=O) groups excluding carboxylic acids is 1. The van der Waals surface area contributed by atoms with E-state index in [4.69, 9.17) is 4.74 Å². The predicted molar refractivity (Wildman–Crippen MR) is 73.7 cm³/mol. The molecule has 0 saturated heterocycles. The Hall–Kier alpha value is -1.24. The van der Waals surface area contributed by atoms with Crippen molar-refractivity contribution in [1.82, 2.24) is 4.72 Å². The number of Topliss-reactive ketones (excluding diaryl/α,β-unsaturated/α-hetero) is 1. The highest BCUT2D eigenvalue weighted by Crippen LogP contribution is 1.99. The molecule has 1 rings (SSSR count). The lowest BCUT2D eigenvalue weighted by Crippen LogP contribution is -2.33. The number of ketones is 1. The van der Waals surface area contributed by atoms with E-state index in [0.29, 0.717) is 5.56 Å². The maximum absolute atomic E-state index is 11.7. The summed E-state index contributed by atoms with van der Waals surface area (Å²) in [5.41, 5.74) is 0.489. The first-order chi connectivity index (χ1) is 8.91. The van der Waals surface area contributed by atoms with Crippen LogP contribution in [-0.2, 0) is 14.8 Å². The van der Waals surface area contributed by atoms with Crippen molar-refractivity contribution >= 4 is 15.8 Å². The molecule has 0 heterocycles. The first-order valence-electron chi connectivity index (χ1n) is 6.08. The lowest BCUT2D eigenvalue weighted by atomic mass is 10.1. The normalized spacial score (nSPS) is 11.7. The standard InChI is InChI=1S/C13H19NO4S/c1-11(2)18-8-9-19(16,17)14-10-13(15)12-6-4-3-5-7-12/h3-7,11,14H,8-10H2,1-2H3. The Bertz CT molecular complexity index is 497. The van der Waals surface area contributed by atoms with E-state index in [1.807, 2.05) is 13.8 Å². The van der Waals surface area contributed by atoms with Crippen molar-refractivity contribution in [1.29, 1.82) is 0 Å². The second kappa shape index (κ2) is 7.37. The van der Waals surface area contributed by atoms with Crippen molar-refractivity contribution in [2.75, 3.05) is 18.9 Å². The van der Waals surface area contributed by atoms with Gasteiger partial charge in [-0.15, -0.1) is 0 Å². The van der Waals surface area contributed by atoms with Crippen molar-refractivity contribution in [2.45, 2.75) is 20.0 Å². The van der Waals surface area contributed by atoms with Crippen LogP contribution in [0.1, 0.15) is 24.2 Å². The van der Waals surface area contributed by atoms with E-state index in [2.05, 4.69) is 4.72 Å². The van der Waals surface area contributed by atoms with Gasteiger partial charge < -0.3 is 4.74 Å². The highest BCUT2D eigenvalue weighted by molar-refractivity contribution is 7.89. The molecule has 0 radical (unpaired) electrons. The molecular formula is C13H19NO4S. The zero-order valence-electron chi connectivity index (χ0n) is 11.1. The minimum Gasteiger partial charge on any atom is -0.378 e. The number of nitrogens with one attached hydrogen (secondary N) is 1. The number of rotatable bonds is 8. The summed E-state index contributed by atoms with van der Waals surface area (Å²) in [4.78, 5) is 11.7. The molecule has 19 heavy (non-hydrogen) atoms. The van der Waals surface area contributed by atoms with E-state index >= 15 is 0 Å². The Labute approximate surface area is 114 Å². The lowest BCUT2D eigenvalue weighted by molar-refractivity contribution is 0.0909. The molecule has 0 fully saturated rings. The topological polar surface area (TPSA) is 72.5 Å². The number of carbonyl (C=O) groups is 1. The monoisotopic (exact) mass is 285 g/mol. The maximum atomic E-state index is 11.7. The van der Waals surface area contributed by atoms with Gasteiger partial charge in [0.05, 0.1) is 25.0 Å². The molecule has 0 unspecified atom stereocenters. The van der Waals surface area contributed by atoms with Gasteiger partial charge in [0.15, 0.2) is 5.78 Å². The molecule has 0 amide bonds. The predicted octanol–water partition coefficient (Wildman–Crippen LogP) is 1.21. The zero-order valence-corrected chi connectivity index (χ0v) is 11.9. The van der Waals surface area contributed by atoms with E-state index in [1.54, 1.807) is 30.3 Å². The van der Waals surface area contributed by atoms with E-state index < -0.39 is 10.0 Å². The third kappa shape index (κ3) is 6.47. The van der Waals surface area contributed by atoms with Crippen molar-refractivity contribution in [3.05, 3.63) is 35.9 Å². The maximum Gasteiger partial charge on any atom is 0.214 e. The highest BCUT2D eigenvalue weighted by atomic mass is 32.2. The van der Waals surface area contributed by atoms with Gasteiger partial charge in [0, 0.05) is 5.56 Å². The van der Waals surface area contributed by atoms with Crippen LogP contribution in [0, 0.1) is 0 Å². The Kier molecular flexibility index (Phi) is 6.14. The van der Waals surface area contributed by atoms with E-state index in [-0.39, 0.29) is 30.8 Å². The summed E-state index contributed by atoms with van der Waals surface area (Å²) >= 11 is 0. The van der Waals surface area contributed by atoms with E-state index in [0.717, 1.165) is 0 Å². The Morgan fingerprint density at radius 3 is 2.47 bits per heavy atom. The van der Waals surface area contributed by atoms with Gasteiger partial charge >= 0.3 is 0 Å². The molecule has 6 heteroatoms. The molecule has 1 aromatic carbocycles. The average molecular weight is 285 g/mol. The van der Waals surface area contributed by atoms with E-state index in [1.165, 1.54) is 0 Å². The third-order valence-corrected chi connectivity index (χ3v) is 3.64. The van der Waals surface area contributed by atoms with Crippen LogP contribution in [0.3, 0.4) is 0 Å². The van der Waals surface area contributed by atoms with Crippen molar-refractivity contribution < 1.29 is 17.9 Å². The number of sulfonamides is 1. The molecule has 0 aliphatic carbocycles. The minimum atomic E-state index is -3.48. The average Bonchev–Trinajstić information content (AvgIpc) is 2.36. The molecule has 0 atom stereocenters. The first kappa shape index (κ1) is 15.8. The molecular weight excluding hydrogens is 266 g/mol. The van der Waals surface area contributed by atoms with Crippen LogP contribution in [-0.4, -0.2) is 39.2 Å². The molecule has 0 saturated carbocycles. The van der Waals surface area contributed by atoms with Crippen LogP contribution in [0.5, 0.6) is 0 Å². The summed E-state index contributed by atoms with van der Waals surface area (Å²) in [6.45, 7) is 3.55. The van der Waals surface area contributed by atoms with Gasteiger partial charge in [-0.3, -0.25) is 4.79 Å². The van der Waals surface area contributed by atoms with Crippen LogP contribution in [0.15, 0.2) is 30.3 Å². The van der Waals surface area contributed by atoms with Crippen molar-refractivity contribution in [2.24, 2.45) is 0 Å². The molecule has 5 nitrogen and oxygen atoms in total. The van der Waals surface area contributed by atoms with Crippen LogP contribution in [0.25, 0.3) is 0 Å². The van der Waals surface area contributed by atoms with Crippen LogP contribution < -0.4 is 4.72 Å². The summed E-state index contributed by atoms with van der Waals surface area (Å²) in [6, 6.07) is 8.57. The minimum absolute atomic E-state index is 0.0128. The Morgan fingerprint density at radius 2 is 1.89 bits per heavy atom. The Morgan fingerprint density at radius 1 is 1.26 bits per heavy atom. The summed E-state index contributed by atoms with van der Waals surface area (Å²) in [5, 5.41) is 0. The molecule has 1 aromatic rings. The first-order valence-corrected chi connectivity index (χ1v) is 7.73. The van der Waals surface area contributed by atoms with Crippen molar-refractivity contribution in [3.8, 4) is 0 Å². The smallest absolute Gasteiger partial charge is 0.214 e. The lowest BCUT2D eigenvalue weighted by Gasteiger charge is -2.09. The summed E-state index contributed by atoms with van der Waals surface area (Å²) in [6.07, 6.45) is -0.0128. The zero-order chi connectivity index (χ0) is 14.3. The molecule has 0 bridgehead atoms. The van der Waals surface area contributed by atoms with Gasteiger partial charge in [-0.1, -0.05) is 30.3 Å². The molecule has 106 valence electrons. The summed E-state index contributed by atoms with van der Waals surface area (Å²) in [5.74, 6) is -0.401. The Balaban J connectivity index is 2.41. The number of hydrogen-bond acceptors (Lipinski definition) is 4. The van der Waals surface area contributed by atoms with Crippen LogP contribution in [0.4, 0.5) is 0 Å².